The Balaban J connectivity index is 1.99. The summed E-state index contributed by atoms with van der Waals surface area (Å²) in [6, 6.07) is 11.0. The summed E-state index contributed by atoms with van der Waals surface area (Å²) >= 11 is 6.02. The molecule has 0 amide bonds. The molecule has 4 N–H and O–H groups in total. The largest absolute Gasteiger partial charge is 0.453 e. The van der Waals surface area contributed by atoms with E-state index >= 15 is 0 Å². The number of anilines is 1. The second-order valence-corrected chi connectivity index (χ2v) is 6.98. The van der Waals surface area contributed by atoms with Crippen LogP contribution in [0.25, 0.3) is 5.70 Å². The number of esters is 1. The van der Waals surface area contributed by atoms with Gasteiger partial charge in [-0.3, -0.25) is 4.99 Å². The first-order chi connectivity index (χ1) is 14.9. The maximum absolute atomic E-state index is 12.9. The molecule has 9 nitrogen and oxygen atoms in total. The van der Waals surface area contributed by atoms with Crippen LogP contribution in [0.5, 0.6) is 0 Å². The lowest BCUT2D eigenvalue weighted by atomic mass is 9.97. The Hall–Kier alpha value is -3.72. The van der Waals surface area contributed by atoms with Crippen molar-refractivity contribution in [1.82, 2.24) is 19.5 Å². The zero-order valence-electron chi connectivity index (χ0n) is 17.1. The Kier molecular flexibility index (Phi) is 6.99. The molecule has 0 spiro atoms. The molecule has 160 valence electrons. The standard InChI is InChI=1S/C21H22ClN7O2/c1-25-19(20(30)31-12-17-26-8-9-29(17)2)14(10-13-6-4-3-5-7-13)18(23)15-11-16(22)28-21(24)27-15/h3-9,11H,10,12,23H2,1-2H3,(H2,24,27,28)/b18-14-,25-19?. The van der Waals surface area contributed by atoms with E-state index in [0.717, 1.165) is 5.56 Å². The van der Waals surface area contributed by atoms with Gasteiger partial charge in [0.15, 0.2) is 0 Å². The topological polar surface area (TPSA) is 134 Å². The van der Waals surface area contributed by atoms with Crippen LogP contribution < -0.4 is 11.5 Å². The molecule has 2 aromatic heterocycles. The fourth-order valence-electron chi connectivity index (χ4n) is 2.92. The van der Waals surface area contributed by atoms with Crippen LogP contribution in [-0.4, -0.2) is 38.2 Å². The van der Waals surface area contributed by atoms with Gasteiger partial charge in [-0.2, -0.15) is 0 Å². The minimum Gasteiger partial charge on any atom is -0.453 e. The molecule has 0 aliphatic heterocycles. The van der Waals surface area contributed by atoms with Gasteiger partial charge in [0.05, 0.1) is 11.4 Å². The number of aliphatic imine (C=N–C) groups is 1. The van der Waals surface area contributed by atoms with E-state index in [-0.39, 0.29) is 29.1 Å². The number of aryl methyl sites for hydroxylation is 1. The molecule has 3 aromatic rings. The molecule has 0 saturated heterocycles. The van der Waals surface area contributed by atoms with E-state index < -0.39 is 5.97 Å². The van der Waals surface area contributed by atoms with Gasteiger partial charge in [-0.15, -0.1) is 0 Å². The summed E-state index contributed by atoms with van der Waals surface area (Å²) in [6.45, 7) is -0.00778. The highest BCUT2D eigenvalue weighted by Crippen LogP contribution is 2.21. The van der Waals surface area contributed by atoms with E-state index in [2.05, 4.69) is 19.9 Å². The van der Waals surface area contributed by atoms with Gasteiger partial charge in [0.25, 0.3) is 0 Å². The minimum atomic E-state index is -0.632. The fraction of sp³-hybridized carbons (Fsp3) is 0.190. The first kappa shape index (κ1) is 22.0. The molecule has 10 heteroatoms. The zero-order chi connectivity index (χ0) is 22.4. The van der Waals surface area contributed by atoms with Gasteiger partial charge in [-0.25, -0.2) is 19.7 Å². The maximum Gasteiger partial charge on any atom is 0.357 e. The number of hydrogen-bond donors (Lipinski definition) is 2. The Labute approximate surface area is 184 Å². The van der Waals surface area contributed by atoms with E-state index in [1.807, 2.05) is 37.4 Å². The average molecular weight is 440 g/mol. The lowest BCUT2D eigenvalue weighted by Crippen LogP contribution is -2.24. The highest BCUT2D eigenvalue weighted by atomic mass is 35.5. The van der Waals surface area contributed by atoms with E-state index in [4.69, 9.17) is 27.8 Å². The van der Waals surface area contributed by atoms with Crippen molar-refractivity contribution in [1.29, 1.82) is 0 Å². The van der Waals surface area contributed by atoms with Gasteiger partial charge in [0.1, 0.15) is 23.3 Å². The molecular formula is C21H22ClN7O2. The normalized spacial score (nSPS) is 12.4. The molecule has 0 bridgehead atoms. The van der Waals surface area contributed by atoms with Crippen LogP contribution in [0.3, 0.4) is 0 Å². The molecule has 1 aromatic carbocycles. The second-order valence-electron chi connectivity index (χ2n) is 6.59. The lowest BCUT2D eigenvalue weighted by molar-refractivity contribution is -0.137. The van der Waals surface area contributed by atoms with Gasteiger partial charge < -0.3 is 20.8 Å². The van der Waals surface area contributed by atoms with Crippen LogP contribution >= 0.6 is 11.6 Å². The lowest BCUT2D eigenvalue weighted by Gasteiger charge is -2.15. The molecule has 0 fully saturated rings. The summed E-state index contributed by atoms with van der Waals surface area (Å²) in [4.78, 5) is 29.2. The summed E-state index contributed by atoms with van der Waals surface area (Å²) in [6.07, 6.45) is 3.71. The quantitative estimate of drug-likeness (QED) is 0.327. The van der Waals surface area contributed by atoms with Crippen LogP contribution in [0.4, 0.5) is 5.95 Å². The first-order valence-corrected chi connectivity index (χ1v) is 9.70. The summed E-state index contributed by atoms with van der Waals surface area (Å²) in [5.74, 6) is -0.0647. The van der Waals surface area contributed by atoms with Crippen LogP contribution in [0.2, 0.25) is 5.15 Å². The smallest absolute Gasteiger partial charge is 0.357 e. The van der Waals surface area contributed by atoms with Gasteiger partial charge in [-0.1, -0.05) is 41.9 Å². The molecule has 0 aliphatic carbocycles. The van der Waals surface area contributed by atoms with Gasteiger partial charge in [0, 0.05) is 44.5 Å². The summed E-state index contributed by atoms with van der Waals surface area (Å²) in [7, 11) is 3.31. The van der Waals surface area contributed by atoms with Gasteiger partial charge in [-0.05, 0) is 5.56 Å². The SMILES string of the molecule is CN=C(C(=O)OCc1nccn1C)/C(Cc1ccccc1)=C(\N)c1cc(Cl)nc(N)n1. The van der Waals surface area contributed by atoms with Crippen LogP contribution in [-0.2, 0) is 29.6 Å². The Bertz CT molecular complexity index is 1120. The van der Waals surface area contributed by atoms with Gasteiger partial charge >= 0.3 is 5.97 Å². The highest BCUT2D eigenvalue weighted by Gasteiger charge is 2.23. The number of nitrogen functional groups attached to an aromatic ring is 1. The Morgan fingerprint density at radius 3 is 2.61 bits per heavy atom. The number of hydrogen-bond acceptors (Lipinski definition) is 8. The van der Waals surface area contributed by atoms with Crippen molar-refractivity contribution in [3.8, 4) is 0 Å². The van der Waals surface area contributed by atoms with Crippen LogP contribution in [0.15, 0.2) is 59.4 Å². The van der Waals surface area contributed by atoms with Crippen molar-refractivity contribution in [2.75, 3.05) is 12.8 Å². The molecule has 0 atom stereocenters. The van der Waals surface area contributed by atoms with Crippen molar-refractivity contribution >= 4 is 34.9 Å². The average Bonchev–Trinajstić information content (AvgIpc) is 3.16. The molecule has 0 unspecified atom stereocenters. The van der Waals surface area contributed by atoms with Crippen molar-refractivity contribution < 1.29 is 9.53 Å². The first-order valence-electron chi connectivity index (χ1n) is 9.32. The van der Waals surface area contributed by atoms with Crippen LogP contribution in [0, 0.1) is 0 Å². The van der Waals surface area contributed by atoms with E-state index in [9.17, 15) is 4.79 Å². The zero-order valence-corrected chi connectivity index (χ0v) is 17.9. The fourth-order valence-corrected chi connectivity index (χ4v) is 3.11. The van der Waals surface area contributed by atoms with E-state index in [0.29, 0.717) is 23.5 Å². The number of nitrogens with two attached hydrogens (primary N) is 2. The summed E-state index contributed by atoms with van der Waals surface area (Å²) < 4.78 is 7.21. The summed E-state index contributed by atoms with van der Waals surface area (Å²) in [5, 5.41) is 0.136. The predicted molar refractivity (Wildman–Crippen MR) is 119 cm³/mol. The maximum atomic E-state index is 12.9. The monoisotopic (exact) mass is 439 g/mol. The van der Waals surface area contributed by atoms with Gasteiger partial charge in [0.2, 0.25) is 5.95 Å². The molecule has 0 radical (unpaired) electrons. The third-order valence-electron chi connectivity index (χ3n) is 4.49. The van der Waals surface area contributed by atoms with E-state index in [1.165, 1.54) is 13.1 Å². The number of carbonyl (C=O) groups excluding carboxylic acids is 1. The predicted octanol–water partition coefficient (Wildman–Crippen LogP) is 2.17. The van der Waals surface area contributed by atoms with E-state index in [1.54, 1.807) is 17.0 Å². The number of imidazole rings is 1. The number of halogens is 1. The summed E-state index contributed by atoms with van der Waals surface area (Å²) in [5.41, 5.74) is 14.1. The number of carbonyl (C=O) groups is 1. The third kappa shape index (κ3) is 5.46. The van der Waals surface area contributed by atoms with Crippen molar-refractivity contribution in [3.05, 3.63) is 76.6 Å². The number of nitrogens with zero attached hydrogens (tertiary/aromatic N) is 5. The number of aromatic nitrogens is 4. The van der Waals surface area contributed by atoms with Crippen molar-refractivity contribution in [3.63, 3.8) is 0 Å². The Morgan fingerprint density at radius 1 is 1.26 bits per heavy atom. The third-order valence-corrected chi connectivity index (χ3v) is 4.69. The molecule has 31 heavy (non-hydrogen) atoms. The highest BCUT2D eigenvalue weighted by molar-refractivity contribution is 6.44. The second kappa shape index (κ2) is 9.86. The number of benzene rings is 1. The number of ether oxygens (including phenoxy) is 1. The molecule has 0 aliphatic rings. The molecule has 2 heterocycles. The number of rotatable bonds is 7. The molecule has 3 rings (SSSR count). The molecular weight excluding hydrogens is 418 g/mol. The van der Waals surface area contributed by atoms with Crippen molar-refractivity contribution in [2.24, 2.45) is 17.8 Å². The molecule has 0 saturated carbocycles. The van der Waals surface area contributed by atoms with Crippen molar-refractivity contribution in [2.45, 2.75) is 13.0 Å². The minimum absolute atomic E-state index is 0.00778. The Morgan fingerprint density at radius 2 is 2.00 bits per heavy atom. The van der Waals surface area contributed by atoms with Crippen LogP contribution in [0.1, 0.15) is 17.1 Å².